The molecule has 0 heterocycles. The van der Waals surface area contributed by atoms with Crippen LogP contribution < -0.4 is 0 Å². The average Bonchev–Trinajstić information content (AvgIpc) is 2.35. The van der Waals surface area contributed by atoms with Crippen LogP contribution in [0.1, 0.15) is 39.4 Å². The van der Waals surface area contributed by atoms with E-state index in [-0.39, 0.29) is 11.6 Å². The summed E-state index contributed by atoms with van der Waals surface area (Å²) in [5, 5.41) is 0. The van der Waals surface area contributed by atoms with Gasteiger partial charge in [0, 0.05) is 12.0 Å². The van der Waals surface area contributed by atoms with Crippen LogP contribution in [0.3, 0.4) is 0 Å². The third kappa shape index (κ3) is 2.19. The minimum Gasteiger partial charge on any atom is -0.294 e. The topological polar surface area (TPSA) is 17.1 Å². The molecule has 2 aromatic carbocycles. The van der Waals surface area contributed by atoms with Crippen molar-refractivity contribution < 1.29 is 9.18 Å². The zero-order valence-electron chi connectivity index (χ0n) is 10.8. The molecule has 2 heteroatoms. The predicted octanol–water partition coefficient (Wildman–Crippen LogP) is 4.05. The molecule has 1 aliphatic carbocycles. The van der Waals surface area contributed by atoms with E-state index in [2.05, 4.69) is 12.1 Å². The maximum Gasteiger partial charge on any atom is 0.163 e. The van der Waals surface area contributed by atoms with Crippen LogP contribution in [0.15, 0.2) is 42.5 Å². The molecule has 0 amide bonds. The van der Waals surface area contributed by atoms with E-state index < -0.39 is 0 Å². The van der Waals surface area contributed by atoms with E-state index in [1.165, 1.54) is 23.3 Å². The van der Waals surface area contributed by atoms with Gasteiger partial charge in [0.05, 0.1) is 0 Å². The fraction of sp³-hybridized carbons (Fsp3) is 0.235. The minimum absolute atomic E-state index is 0.108. The second-order valence-electron chi connectivity index (χ2n) is 5.19. The first-order chi connectivity index (χ1) is 9.15. The van der Waals surface area contributed by atoms with Gasteiger partial charge in [-0.15, -0.1) is 0 Å². The number of rotatable bonds is 3. The number of carbonyl (C=O) groups excluding carboxylic acids is 1. The number of halogens is 1. The second-order valence-corrected chi connectivity index (χ2v) is 5.19. The van der Waals surface area contributed by atoms with Crippen molar-refractivity contribution in [2.75, 3.05) is 0 Å². The summed E-state index contributed by atoms with van der Waals surface area (Å²) in [6, 6.07) is 12.6. The number of fused-ring (bicyclic) bond motifs is 1. The van der Waals surface area contributed by atoms with Crippen LogP contribution in [0.4, 0.5) is 4.39 Å². The lowest BCUT2D eigenvalue weighted by atomic mass is 9.74. The summed E-state index contributed by atoms with van der Waals surface area (Å²) in [4.78, 5) is 12.3. The Morgan fingerprint density at radius 2 is 2.05 bits per heavy atom. The van der Waals surface area contributed by atoms with Crippen molar-refractivity contribution >= 4 is 5.78 Å². The normalized spacial score (nSPS) is 16.6. The zero-order valence-corrected chi connectivity index (χ0v) is 10.8. The molecular formula is C17H15FO. The predicted molar refractivity (Wildman–Crippen MR) is 73.0 cm³/mol. The first kappa shape index (κ1) is 12.1. The highest BCUT2D eigenvalue weighted by Gasteiger charge is 2.28. The third-order valence-corrected chi connectivity index (χ3v) is 3.88. The lowest BCUT2D eigenvalue weighted by Gasteiger charge is -2.29. The van der Waals surface area contributed by atoms with Gasteiger partial charge in [-0.2, -0.15) is 0 Å². The van der Waals surface area contributed by atoms with Crippen LogP contribution in [0.2, 0.25) is 0 Å². The van der Waals surface area contributed by atoms with E-state index in [1.54, 1.807) is 13.0 Å². The van der Waals surface area contributed by atoms with E-state index in [1.807, 2.05) is 12.1 Å². The molecule has 1 atom stereocenters. The van der Waals surface area contributed by atoms with Gasteiger partial charge in [0.15, 0.2) is 5.78 Å². The second kappa shape index (κ2) is 4.61. The Hall–Kier alpha value is -1.96. The molecule has 2 aromatic rings. The molecule has 0 N–H and O–H groups in total. The molecule has 0 aromatic heterocycles. The SMILES string of the molecule is Cc1cc(F)ccc1C(=O)CC1Cc2ccccc21. The molecule has 1 aliphatic rings. The summed E-state index contributed by atoms with van der Waals surface area (Å²) in [6.45, 7) is 1.78. The summed E-state index contributed by atoms with van der Waals surface area (Å²) >= 11 is 0. The highest BCUT2D eigenvalue weighted by atomic mass is 19.1. The summed E-state index contributed by atoms with van der Waals surface area (Å²) in [6.07, 6.45) is 1.49. The summed E-state index contributed by atoms with van der Waals surface area (Å²) < 4.78 is 13.0. The Labute approximate surface area is 112 Å². The maximum atomic E-state index is 13.0. The monoisotopic (exact) mass is 254 g/mol. The largest absolute Gasteiger partial charge is 0.294 e. The van der Waals surface area contributed by atoms with E-state index in [9.17, 15) is 9.18 Å². The van der Waals surface area contributed by atoms with Gasteiger partial charge in [0.2, 0.25) is 0 Å². The van der Waals surface area contributed by atoms with E-state index in [4.69, 9.17) is 0 Å². The van der Waals surface area contributed by atoms with Gasteiger partial charge in [0.25, 0.3) is 0 Å². The molecule has 0 fully saturated rings. The van der Waals surface area contributed by atoms with Crippen molar-refractivity contribution in [3.05, 3.63) is 70.5 Å². The molecule has 1 unspecified atom stereocenters. The molecular weight excluding hydrogens is 239 g/mol. The Bertz CT molecular complexity index is 645. The Balaban J connectivity index is 1.77. The van der Waals surface area contributed by atoms with Crippen LogP contribution in [0.5, 0.6) is 0 Å². The van der Waals surface area contributed by atoms with Crippen LogP contribution >= 0.6 is 0 Å². The van der Waals surface area contributed by atoms with E-state index >= 15 is 0 Å². The molecule has 0 radical (unpaired) electrons. The molecule has 0 bridgehead atoms. The van der Waals surface area contributed by atoms with Crippen molar-refractivity contribution in [3.63, 3.8) is 0 Å². The molecule has 0 saturated heterocycles. The number of benzene rings is 2. The van der Waals surface area contributed by atoms with Crippen molar-refractivity contribution in [1.29, 1.82) is 0 Å². The van der Waals surface area contributed by atoms with Crippen molar-refractivity contribution in [2.45, 2.75) is 25.7 Å². The molecule has 19 heavy (non-hydrogen) atoms. The van der Waals surface area contributed by atoms with Gasteiger partial charge in [0.1, 0.15) is 5.82 Å². The molecule has 1 nitrogen and oxygen atoms in total. The van der Waals surface area contributed by atoms with Crippen molar-refractivity contribution in [3.8, 4) is 0 Å². The van der Waals surface area contributed by atoms with Crippen LogP contribution in [0.25, 0.3) is 0 Å². The lowest BCUT2D eigenvalue weighted by molar-refractivity contribution is 0.0970. The smallest absolute Gasteiger partial charge is 0.163 e. The summed E-state index contributed by atoms with van der Waals surface area (Å²) in [7, 11) is 0. The number of hydrogen-bond acceptors (Lipinski definition) is 1. The first-order valence-corrected chi connectivity index (χ1v) is 6.52. The molecule has 0 aliphatic heterocycles. The Morgan fingerprint density at radius 1 is 1.26 bits per heavy atom. The summed E-state index contributed by atoms with van der Waals surface area (Å²) in [5.41, 5.74) is 4.00. The maximum absolute atomic E-state index is 13.0. The van der Waals surface area contributed by atoms with Crippen molar-refractivity contribution in [2.24, 2.45) is 0 Å². The first-order valence-electron chi connectivity index (χ1n) is 6.52. The number of Topliss-reactive ketones (excluding diaryl/α,β-unsaturated/α-hetero) is 1. The minimum atomic E-state index is -0.289. The highest BCUT2D eigenvalue weighted by molar-refractivity contribution is 5.98. The van der Waals surface area contributed by atoms with Gasteiger partial charge in [-0.1, -0.05) is 24.3 Å². The summed E-state index contributed by atoms with van der Waals surface area (Å²) in [5.74, 6) is 0.146. The molecule has 96 valence electrons. The molecule has 0 saturated carbocycles. The number of aryl methyl sites for hydroxylation is 1. The van der Waals surface area contributed by atoms with Crippen LogP contribution in [-0.4, -0.2) is 5.78 Å². The van der Waals surface area contributed by atoms with Gasteiger partial charge in [-0.25, -0.2) is 4.39 Å². The van der Waals surface area contributed by atoms with Gasteiger partial charge >= 0.3 is 0 Å². The zero-order chi connectivity index (χ0) is 13.4. The fourth-order valence-electron chi connectivity index (χ4n) is 2.82. The average molecular weight is 254 g/mol. The van der Waals surface area contributed by atoms with E-state index in [0.29, 0.717) is 17.9 Å². The van der Waals surface area contributed by atoms with Gasteiger partial charge < -0.3 is 0 Å². The number of ketones is 1. The van der Waals surface area contributed by atoms with Gasteiger partial charge in [-0.05, 0) is 54.2 Å². The number of carbonyl (C=O) groups is 1. The molecule has 3 rings (SSSR count). The third-order valence-electron chi connectivity index (χ3n) is 3.88. The fourth-order valence-corrected chi connectivity index (χ4v) is 2.82. The molecule has 0 spiro atoms. The van der Waals surface area contributed by atoms with Gasteiger partial charge in [-0.3, -0.25) is 4.79 Å². The van der Waals surface area contributed by atoms with Crippen molar-refractivity contribution in [1.82, 2.24) is 0 Å². The number of hydrogen-bond donors (Lipinski definition) is 0. The van der Waals surface area contributed by atoms with Crippen LogP contribution in [-0.2, 0) is 6.42 Å². The Morgan fingerprint density at radius 3 is 2.79 bits per heavy atom. The van der Waals surface area contributed by atoms with E-state index in [0.717, 1.165) is 12.0 Å². The van der Waals surface area contributed by atoms with Crippen LogP contribution in [0, 0.1) is 12.7 Å². The highest BCUT2D eigenvalue weighted by Crippen LogP contribution is 2.38. The Kier molecular flexibility index (Phi) is 2.94. The lowest BCUT2D eigenvalue weighted by Crippen LogP contribution is -2.20. The quantitative estimate of drug-likeness (QED) is 0.755. The standard InChI is InChI=1S/C17H15FO/c1-11-8-14(18)6-7-15(11)17(19)10-13-9-12-4-2-3-5-16(12)13/h2-8,13H,9-10H2,1H3.